The van der Waals surface area contributed by atoms with Gasteiger partial charge in [-0.1, -0.05) is 24.8 Å². The number of carboxylic acid groups (broad SMARTS) is 1. The van der Waals surface area contributed by atoms with Gasteiger partial charge in [0.25, 0.3) is 0 Å². The largest absolute Gasteiger partial charge is 0.478 e. The van der Waals surface area contributed by atoms with Crippen molar-refractivity contribution < 1.29 is 14.7 Å². The van der Waals surface area contributed by atoms with Gasteiger partial charge < -0.3 is 5.11 Å². The first-order valence-electron chi connectivity index (χ1n) is 4.39. The lowest BCUT2D eigenvalue weighted by molar-refractivity contribution is -0.130. The van der Waals surface area contributed by atoms with Crippen molar-refractivity contribution in [3.05, 3.63) is 47.5 Å². The molecule has 0 saturated heterocycles. The Kier molecular flexibility index (Phi) is 2.01. The number of aliphatic carboxylic acids is 1. The fraction of sp³-hybridized carbons (Fsp3) is 0. The molecule has 3 nitrogen and oxygen atoms in total. The van der Waals surface area contributed by atoms with Crippen molar-refractivity contribution in [2.24, 2.45) is 0 Å². The van der Waals surface area contributed by atoms with Gasteiger partial charge in [0.05, 0.1) is 5.57 Å². The lowest BCUT2D eigenvalue weighted by Gasteiger charge is -2.05. The molecule has 0 unspecified atom stereocenters. The van der Waals surface area contributed by atoms with E-state index in [1.54, 1.807) is 24.3 Å². The van der Waals surface area contributed by atoms with Gasteiger partial charge in [0, 0.05) is 5.56 Å². The van der Waals surface area contributed by atoms with Crippen LogP contribution >= 0.6 is 0 Å². The van der Waals surface area contributed by atoms with E-state index in [4.69, 9.17) is 5.11 Å². The van der Waals surface area contributed by atoms with Gasteiger partial charge >= 0.3 is 5.97 Å². The molecule has 0 atom stereocenters. The van der Waals surface area contributed by atoms with Crippen LogP contribution < -0.4 is 0 Å². The zero-order valence-electron chi connectivity index (χ0n) is 7.86. The summed E-state index contributed by atoms with van der Waals surface area (Å²) in [7, 11) is 0. The third-order valence-electron chi connectivity index (χ3n) is 2.36. The second-order valence-electron chi connectivity index (χ2n) is 3.25. The van der Waals surface area contributed by atoms with Crippen LogP contribution in [0, 0.1) is 0 Å². The minimum atomic E-state index is -1.07. The standard InChI is InChI=1S/C12H8O3/c1-7(12(14)15)8-3-2-4-10-9(8)5-6-11(10)13/h2-6H,1H2,(H,14,15). The highest BCUT2D eigenvalue weighted by molar-refractivity contribution is 6.20. The highest BCUT2D eigenvalue weighted by atomic mass is 16.4. The number of fused-ring (bicyclic) bond motifs is 1. The second-order valence-corrected chi connectivity index (χ2v) is 3.25. The summed E-state index contributed by atoms with van der Waals surface area (Å²) >= 11 is 0. The molecular formula is C12H8O3. The number of rotatable bonds is 2. The summed E-state index contributed by atoms with van der Waals surface area (Å²) in [5.41, 5.74) is 1.69. The Bertz CT molecular complexity index is 510. The van der Waals surface area contributed by atoms with Crippen molar-refractivity contribution in [3.63, 3.8) is 0 Å². The molecule has 0 saturated carbocycles. The van der Waals surface area contributed by atoms with Crippen molar-refractivity contribution in [1.82, 2.24) is 0 Å². The van der Waals surface area contributed by atoms with E-state index in [0.29, 0.717) is 16.7 Å². The molecule has 0 fully saturated rings. The normalized spacial score (nSPS) is 12.7. The fourth-order valence-electron chi connectivity index (χ4n) is 1.59. The Morgan fingerprint density at radius 2 is 2.00 bits per heavy atom. The van der Waals surface area contributed by atoms with Crippen molar-refractivity contribution in [2.45, 2.75) is 0 Å². The maximum Gasteiger partial charge on any atom is 0.335 e. The average molecular weight is 200 g/mol. The minimum absolute atomic E-state index is 0.00574. The predicted octanol–water partition coefficient (Wildman–Crippen LogP) is 1.99. The average Bonchev–Trinajstić information content (AvgIpc) is 2.59. The van der Waals surface area contributed by atoms with E-state index in [9.17, 15) is 9.59 Å². The topological polar surface area (TPSA) is 54.4 Å². The van der Waals surface area contributed by atoms with E-state index in [0.717, 1.165) is 0 Å². The number of hydrogen-bond acceptors (Lipinski definition) is 2. The van der Waals surface area contributed by atoms with Crippen LogP contribution in [0.1, 0.15) is 21.5 Å². The number of carbonyl (C=O) groups excluding carboxylic acids is 1. The van der Waals surface area contributed by atoms with E-state index in [1.165, 1.54) is 6.08 Å². The Hall–Kier alpha value is -2.16. The molecule has 1 aromatic carbocycles. The maximum atomic E-state index is 11.3. The Morgan fingerprint density at radius 1 is 1.27 bits per heavy atom. The van der Waals surface area contributed by atoms with Crippen LogP contribution in [0.15, 0.2) is 30.9 Å². The molecule has 3 heteroatoms. The fourth-order valence-corrected chi connectivity index (χ4v) is 1.59. The van der Waals surface area contributed by atoms with Crippen molar-refractivity contribution in [1.29, 1.82) is 0 Å². The van der Waals surface area contributed by atoms with E-state index in [2.05, 4.69) is 6.58 Å². The molecule has 0 heterocycles. The number of allylic oxidation sites excluding steroid dienone is 1. The first-order valence-corrected chi connectivity index (χ1v) is 4.39. The molecule has 0 radical (unpaired) electrons. The molecule has 0 aliphatic heterocycles. The number of carboxylic acids is 1. The summed E-state index contributed by atoms with van der Waals surface area (Å²) in [4.78, 5) is 22.1. The van der Waals surface area contributed by atoms with Crippen LogP contribution in [0.5, 0.6) is 0 Å². The lowest BCUT2D eigenvalue weighted by atomic mass is 9.98. The van der Waals surface area contributed by atoms with Gasteiger partial charge in [-0.3, -0.25) is 4.79 Å². The van der Waals surface area contributed by atoms with Crippen LogP contribution in [-0.2, 0) is 4.79 Å². The van der Waals surface area contributed by atoms with Crippen LogP contribution in [0.3, 0.4) is 0 Å². The molecule has 0 spiro atoms. The van der Waals surface area contributed by atoms with E-state index >= 15 is 0 Å². The van der Waals surface area contributed by atoms with Crippen LogP contribution in [0.25, 0.3) is 11.6 Å². The smallest absolute Gasteiger partial charge is 0.335 e. The summed E-state index contributed by atoms with van der Waals surface area (Å²) < 4.78 is 0. The summed E-state index contributed by atoms with van der Waals surface area (Å²) in [6.07, 6.45) is 3.06. The van der Waals surface area contributed by atoms with E-state index in [-0.39, 0.29) is 11.4 Å². The third kappa shape index (κ3) is 1.38. The molecule has 1 aromatic rings. The Morgan fingerprint density at radius 3 is 2.67 bits per heavy atom. The molecule has 1 aliphatic carbocycles. The summed E-state index contributed by atoms with van der Waals surface area (Å²) in [5, 5.41) is 8.82. The van der Waals surface area contributed by atoms with E-state index < -0.39 is 5.97 Å². The number of carbonyl (C=O) groups is 2. The van der Waals surface area contributed by atoms with Crippen LogP contribution in [-0.4, -0.2) is 16.9 Å². The zero-order valence-corrected chi connectivity index (χ0v) is 7.86. The van der Waals surface area contributed by atoms with Gasteiger partial charge in [0.1, 0.15) is 0 Å². The van der Waals surface area contributed by atoms with Crippen molar-refractivity contribution in [3.8, 4) is 0 Å². The first kappa shape index (κ1) is 9.40. The second kappa shape index (κ2) is 3.20. The summed E-state index contributed by atoms with van der Waals surface area (Å²) in [5.74, 6) is -1.17. The molecule has 0 bridgehead atoms. The number of hydrogen-bond donors (Lipinski definition) is 1. The van der Waals surface area contributed by atoms with E-state index in [1.807, 2.05) is 0 Å². The van der Waals surface area contributed by atoms with Gasteiger partial charge in [-0.25, -0.2) is 4.79 Å². The molecule has 2 rings (SSSR count). The van der Waals surface area contributed by atoms with Crippen LogP contribution in [0.2, 0.25) is 0 Å². The highest BCUT2D eigenvalue weighted by Gasteiger charge is 2.19. The van der Waals surface area contributed by atoms with Gasteiger partial charge in [0.2, 0.25) is 0 Å². The maximum absolute atomic E-state index is 11.3. The SMILES string of the molecule is C=C(C(=O)O)c1cccc2c1C=CC2=O. The van der Waals surface area contributed by atoms with Gasteiger partial charge in [-0.05, 0) is 23.3 Å². The van der Waals surface area contributed by atoms with Crippen molar-refractivity contribution in [2.75, 3.05) is 0 Å². The zero-order chi connectivity index (χ0) is 11.0. The highest BCUT2D eigenvalue weighted by Crippen LogP contribution is 2.27. The number of ketones is 1. The lowest BCUT2D eigenvalue weighted by Crippen LogP contribution is -2.01. The molecule has 74 valence electrons. The van der Waals surface area contributed by atoms with Crippen LogP contribution in [0.4, 0.5) is 0 Å². The molecule has 1 N–H and O–H groups in total. The Labute approximate surface area is 86.4 Å². The summed E-state index contributed by atoms with van der Waals surface area (Å²) in [6.45, 7) is 3.48. The minimum Gasteiger partial charge on any atom is -0.478 e. The molecule has 0 aromatic heterocycles. The Balaban J connectivity index is 2.61. The molecule has 1 aliphatic rings. The summed E-state index contributed by atoms with van der Waals surface area (Å²) in [6, 6.07) is 4.99. The molecular weight excluding hydrogens is 192 g/mol. The molecule has 15 heavy (non-hydrogen) atoms. The number of benzene rings is 1. The molecule has 0 amide bonds. The quantitative estimate of drug-likeness (QED) is 0.743. The third-order valence-corrected chi connectivity index (χ3v) is 2.36. The van der Waals surface area contributed by atoms with Gasteiger partial charge in [-0.2, -0.15) is 0 Å². The first-order chi connectivity index (χ1) is 7.11. The monoisotopic (exact) mass is 200 g/mol. The predicted molar refractivity (Wildman–Crippen MR) is 56.5 cm³/mol. The van der Waals surface area contributed by atoms with Gasteiger partial charge in [-0.15, -0.1) is 0 Å². The van der Waals surface area contributed by atoms with Gasteiger partial charge in [0.15, 0.2) is 5.78 Å². The van der Waals surface area contributed by atoms with Crippen molar-refractivity contribution >= 4 is 23.4 Å².